The average molecular weight is 197 g/mol. The topological polar surface area (TPSA) is 23.5 Å². The van der Waals surface area contributed by atoms with Crippen LogP contribution in [0.25, 0.3) is 0 Å². The first-order valence-electron chi connectivity index (χ1n) is 4.87. The summed E-state index contributed by atoms with van der Waals surface area (Å²) in [6.07, 6.45) is 0. The quantitative estimate of drug-likeness (QED) is 0.799. The molecule has 14 heavy (non-hydrogen) atoms. The predicted molar refractivity (Wildman–Crippen MR) is 55.9 cm³/mol. The summed E-state index contributed by atoms with van der Waals surface area (Å²) in [5.74, 6) is -0.336. The molecule has 0 saturated heterocycles. The fraction of sp³-hybridized carbons (Fsp3) is 0.455. The molecule has 2 nitrogen and oxygen atoms in total. The van der Waals surface area contributed by atoms with Gasteiger partial charge in [-0.3, -0.25) is 0 Å². The first-order valence-corrected chi connectivity index (χ1v) is 4.87. The maximum atomic E-state index is 13.3. The van der Waals surface area contributed by atoms with Gasteiger partial charge in [-0.1, -0.05) is 6.07 Å². The van der Waals surface area contributed by atoms with E-state index in [9.17, 15) is 4.39 Å². The molecule has 1 aromatic rings. The molecule has 0 heterocycles. The molecule has 0 amide bonds. The van der Waals surface area contributed by atoms with Crippen LogP contribution in [0.1, 0.15) is 19.4 Å². The van der Waals surface area contributed by atoms with Crippen molar-refractivity contribution in [2.75, 3.05) is 18.0 Å². The Balaban J connectivity index is 3.11. The molecule has 0 aliphatic rings. The van der Waals surface area contributed by atoms with Gasteiger partial charge >= 0.3 is 0 Å². The monoisotopic (exact) mass is 197 g/mol. The van der Waals surface area contributed by atoms with Crippen molar-refractivity contribution in [3.8, 4) is 0 Å². The van der Waals surface area contributed by atoms with Gasteiger partial charge in [0.15, 0.2) is 0 Å². The summed E-state index contributed by atoms with van der Waals surface area (Å²) in [7, 11) is 0. The number of nitrogens with zero attached hydrogens (tertiary/aromatic N) is 1. The zero-order valence-corrected chi connectivity index (χ0v) is 8.63. The lowest BCUT2D eigenvalue weighted by Crippen LogP contribution is -2.23. The Morgan fingerprint density at radius 3 is 2.43 bits per heavy atom. The van der Waals surface area contributed by atoms with E-state index < -0.39 is 0 Å². The molecule has 0 saturated carbocycles. The van der Waals surface area contributed by atoms with Gasteiger partial charge in [0.2, 0.25) is 0 Å². The molecule has 0 radical (unpaired) electrons. The van der Waals surface area contributed by atoms with Gasteiger partial charge in [-0.15, -0.1) is 0 Å². The lowest BCUT2D eigenvalue weighted by molar-refractivity contribution is 0.276. The van der Waals surface area contributed by atoms with Gasteiger partial charge in [0.05, 0.1) is 6.61 Å². The Bertz CT molecular complexity index is 297. The molecule has 1 N–H and O–H groups in total. The number of hydrogen-bond donors (Lipinski definition) is 1. The van der Waals surface area contributed by atoms with Gasteiger partial charge in [0, 0.05) is 24.3 Å². The predicted octanol–water partition coefficient (Wildman–Crippen LogP) is 2.16. The molecule has 78 valence electrons. The maximum absolute atomic E-state index is 13.3. The van der Waals surface area contributed by atoms with Crippen LogP contribution < -0.4 is 4.90 Å². The van der Waals surface area contributed by atoms with E-state index in [0.717, 1.165) is 18.8 Å². The summed E-state index contributed by atoms with van der Waals surface area (Å²) in [6.45, 7) is 5.39. The van der Waals surface area contributed by atoms with Crippen molar-refractivity contribution >= 4 is 5.69 Å². The summed E-state index contributed by atoms with van der Waals surface area (Å²) in [5.41, 5.74) is 1.17. The number of hydrogen-bond acceptors (Lipinski definition) is 2. The van der Waals surface area contributed by atoms with Crippen LogP contribution in [0.3, 0.4) is 0 Å². The summed E-state index contributed by atoms with van der Waals surface area (Å²) >= 11 is 0. The standard InChI is InChI=1S/C11H16FNO/c1-3-13(4-2)11-7-5-6-10(12)9(11)8-14/h5-7,14H,3-4,8H2,1-2H3. The highest BCUT2D eigenvalue weighted by atomic mass is 19.1. The second-order valence-corrected chi connectivity index (χ2v) is 3.07. The molecular formula is C11H16FNO. The minimum Gasteiger partial charge on any atom is -0.391 e. The van der Waals surface area contributed by atoms with Gasteiger partial charge in [0.1, 0.15) is 5.82 Å². The van der Waals surface area contributed by atoms with Crippen molar-refractivity contribution in [1.82, 2.24) is 0 Å². The molecule has 0 spiro atoms. The molecule has 0 aliphatic carbocycles. The zero-order chi connectivity index (χ0) is 10.6. The third-order valence-electron chi connectivity index (χ3n) is 2.36. The summed E-state index contributed by atoms with van der Waals surface area (Å²) in [6, 6.07) is 4.88. The largest absolute Gasteiger partial charge is 0.391 e. The van der Waals surface area contributed by atoms with E-state index in [4.69, 9.17) is 5.11 Å². The second kappa shape index (κ2) is 4.96. The number of aliphatic hydroxyl groups excluding tert-OH is 1. The van der Waals surface area contributed by atoms with Crippen LogP contribution in [0.15, 0.2) is 18.2 Å². The number of rotatable bonds is 4. The molecule has 0 bridgehead atoms. The highest BCUT2D eigenvalue weighted by molar-refractivity contribution is 5.53. The van der Waals surface area contributed by atoms with E-state index in [2.05, 4.69) is 0 Å². The van der Waals surface area contributed by atoms with E-state index in [1.807, 2.05) is 24.8 Å². The third kappa shape index (κ3) is 2.04. The van der Waals surface area contributed by atoms with Crippen LogP contribution in [-0.2, 0) is 6.61 Å². The smallest absolute Gasteiger partial charge is 0.130 e. The molecule has 0 aromatic heterocycles. The molecule has 0 atom stereocenters. The van der Waals surface area contributed by atoms with Crippen molar-refractivity contribution in [3.05, 3.63) is 29.6 Å². The lowest BCUT2D eigenvalue weighted by atomic mass is 10.1. The van der Waals surface area contributed by atoms with Crippen molar-refractivity contribution in [3.63, 3.8) is 0 Å². The number of halogens is 1. The molecule has 0 fully saturated rings. The number of benzene rings is 1. The number of anilines is 1. The van der Waals surface area contributed by atoms with Crippen LogP contribution in [-0.4, -0.2) is 18.2 Å². The SMILES string of the molecule is CCN(CC)c1cccc(F)c1CO. The van der Waals surface area contributed by atoms with Crippen LogP contribution >= 0.6 is 0 Å². The van der Waals surface area contributed by atoms with E-state index in [1.165, 1.54) is 6.07 Å². The Labute approximate surface area is 84.0 Å². The Hall–Kier alpha value is -1.09. The minimum atomic E-state index is -0.336. The summed E-state index contributed by atoms with van der Waals surface area (Å²) in [4.78, 5) is 2.02. The fourth-order valence-corrected chi connectivity index (χ4v) is 1.56. The second-order valence-electron chi connectivity index (χ2n) is 3.07. The highest BCUT2D eigenvalue weighted by Crippen LogP contribution is 2.22. The normalized spacial score (nSPS) is 10.3. The maximum Gasteiger partial charge on any atom is 0.130 e. The summed E-state index contributed by atoms with van der Waals surface area (Å²) in [5, 5.41) is 9.07. The third-order valence-corrected chi connectivity index (χ3v) is 2.36. The number of aliphatic hydroxyl groups is 1. The van der Waals surface area contributed by atoms with Crippen molar-refractivity contribution < 1.29 is 9.50 Å². The minimum absolute atomic E-state index is 0.251. The van der Waals surface area contributed by atoms with Gasteiger partial charge in [-0.25, -0.2) is 4.39 Å². The van der Waals surface area contributed by atoms with Crippen LogP contribution in [0.4, 0.5) is 10.1 Å². The molecular weight excluding hydrogens is 181 g/mol. The van der Waals surface area contributed by atoms with Gasteiger partial charge < -0.3 is 10.0 Å². The van der Waals surface area contributed by atoms with Crippen molar-refractivity contribution in [1.29, 1.82) is 0 Å². The van der Waals surface area contributed by atoms with E-state index in [-0.39, 0.29) is 12.4 Å². The van der Waals surface area contributed by atoms with Crippen molar-refractivity contribution in [2.24, 2.45) is 0 Å². The lowest BCUT2D eigenvalue weighted by Gasteiger charge is -2.23. The molecule has 3 heteroatoms. The molecule has 1 aromatic carbocycles. The zero-order valence-electron chi connectivity index (χ0n) is 8.63. The van der Waals surface area contributed by atoms with Crippen molar-refractivity contribution in [2.45, 2.75) is 20.5 Å². The average Bonchev–Trinajstić information content (AvgIpc) is 2.20. The van der Waals surface area contributed by atoms with E-state index >= 15 is 0 Å². The molecule has 1 rings (SSSR count). The van der Waals surface area contributed by atoms with Crippen LogP contribution in [0.5, 0.6) is 0 Å². The van der Waals surface area contributed by atoms with E-state index in [1.54, 1.807) is 6.07 Å². The fourth-order valence-electron chi connectivity index (χ4n) is 1.56. The van der Waals surface area contributed by atoms with Crippen LogP contribution in [0, 0.1) is 5.82 Å². The Morgan fingerprint density at radius 1 is 1.29 bits per heavy atom. The van der Waals surface area contributed by atoms with Crippen LogP contribution in [0.2, 0.25) is 0 Å². The Morgan fingerprint density at radius 2 is 1.93 bits per heavy atom. The molecule has 0 unspecified atom stereocenters. The van der Waals surface area contributed by atoms with Gasteiger partial charge in [0.25, 0.3) is 0 Å². The first kappa shape index (κ1) is 11.0. The first-order chi connectivity index (χ1) is 6.74. The molecule has 0 aliphatic heterocycles. The Kier molecular flexibility index (Phi) is 3.89. The van der Waals surface area contributed by atoms with Gasteiger partial charge in [-0.2, -0.15) is 0 Å². The van der Waals surface area contributed by atoms with Gasteiger partial charge in [-0.05, 0) is 26.0 Å². The summed E-state index contributed by atoms with van der Waals surface area (Å²) < 4.78 is 13.3. The highest BCUT2D eigenvalue weighted by Gasteiger charge is 2.10. The van der Waals surface area contributed by atoms with E-state index in [0.29, 0.717) is 5.56 Å².